The molecule has 2 aliphatic rings. The number of ether oxygens (including phenoxy) is 1. The van der Waals surface area contributed by atoms with E-state index in [1.165, 1.54) is 56.3 Å². The Morgan fingerprint density at radius 2 is 2.08 bits per heavy atom. The van der Waals surface area contributed by atoms with Crippen molar-refractivity contribution in [3.05, 3.63) is 35.4 Å². The normalized spacial score (nSPS) is 25.2. The summed E-state index contributed by atoms with van der Waals surface area (Å²) in [5.41, 5.74) is 2.59. The van der Waals surface area contributed by atoms with E-state index < -0.39 is 0 Å². The van der Waals surface area contributed by atoms with Crippen molar-refractivity contribution in [2.45, 2.75) is 64.8 Å². The molecule has 2 fully saturated rings. The first-order chi connectivity index (χ1) is 12.1. The highest BCUT2D eigenvalue weighted by molar-refractivity contribution is 5.69. The third-order valence-electron chi connectivity index (χ3n) is 5.87. The van der Waals surface area contributed by atoms with Crippen LogP contribution in [0.5, 0.6) is 0 Å². The van der Waals surface area contributed by atoms with Gasteiger partial charge in [-0.25, -0.2) is 0 Å². The standard InChI is InChI=1S/C22H33NO2/c1-17-7-5-8-19(13-17)14-18(2)15-22(24)25-16-20-9-6-12-23-11-4-3-10-21(20)23/h5,7-8,13,18,20-21H,3-4,6,9-12,14-16H2,1-2H3/t18-,20+,21+/m0/s1. The minimum atomic E-state index is -0.0203. The van der Waals surface area contributed by atoms with E-state index in [0.717, 1.165) is 6.42 Å². The lowest BCUT2D eigenvalue weighted by atomic mass is 9.84. The largest absolute Gasteiger partial charge is 0.465 e. The molecule has 3 atom stereocenters. The van der Waals surface area contributed by atoms with E-state index in [-0.39, 0.29) is 5.97 Å². The highest BCUT2D eigenvalue weighted by Crippen LogP contribution is 2.31. The van der Waals surface area contributed by atoms with Gasteiger partial charge in [-0.2, -0.15) is 0 Å². The number of piperidine rings is 2. The summed E-state index contributed by atoms with van der Waals surface area (Å²) in [7, 11) is 0. The summed E-state index contributed by atoms with van der Waals surface area (Å²) in [5.74, 6) is 0.852. The molecule has 0 bridgehead atoms. The van der Waals surface area contributed by atoms with E-state index in [0.29, 0.717) is 30.9 Å². The van der Waals surface area contributed by atoms with E-state index in [9.17, 15) is 4.79 Å². The highest BCUT2D eigenvalue weighted by atomic mass is 16.5. The monoisotopic (exact) mass is 343 g/mol. The first kappa shape index (κ1) is 18.4. The molecule has 0 aliphatic carbocycles. The van der Waals surface area contributed by atoms with Crippen molar-refractivity contribution in [1.29, 1.82) is 0 Å². The predicted octanol–water partition coefficient (Wildman–Crippen LogP) is 4.37. The molecule has 0 spiro atoms. The number of benzene rings is 1. The SMILES string of the molecule is Cc1cccc(C[C@H](C)CC(=O)OC[C@H]2CCCN3CCCC[C@H]23)c1. The fourth-order valence-electron chi connectivity index (χ4n) is 4.63. The summed E-state index contributed by atoms with van der Waals surface area (Å²) >= 11 is 0. The van der Waals surface area contributed by atoms with Crippen LogP contribution in [0, 0.1) is 18.8 Å². The maximum atomic E-state index is 12.3. The molecular formula is C22H33NO2. The molecule has 0 amide bonds. The Bertz CT molecular complexity index is 569. The predicted molar refractivity (Wildman–Crippen MR) is 102 cm³/mol. The molecule has 1 aromatic rings. The molecule has 0 saturated carbocycles. The zero-order chi connectivity index (χ0) is 17.6. The Hall–Kier alpha value is -1.35. The smallest absolute Gasteiger partial charge is 0.306 e. The maximum absolute atomic E-state index is 12.3. The zero-order valence-corrected chi connectivity index (χ0v) is 15.9. The number of carbonyl (C=O) groups is 1. The van der Waals surface area contributed by atoms with Gasteiger partial charge in [0.25, 0.3) is 0 Å². The molecule has 0 N–H and O–H groups in total. The number of esters is 1. The zero-order valence-electron chi connectivity index (χ0n) is 15.9. The van der Waals surface area contributed by atoms with Crippen LogP contribution in [0.15, 0.2) is 24.3 Å². The maximum Gasteiger partial charge on any atom is 0.306 e. The fraction of sp³-hybridized carbons (Fsp3) is 0.682. The average Bonchev–Trinajstić information content (AvgIpc) is 2.59. The lowest BCUT2D eigenvalue weighted by molar-refractivity contribution is -0.147. The Balaban J connectivity index is 1.42. The van der Waals surface area contributed by atoms with Gasteiger partial charge in [-0.05, 0) is 63.6 Å². The fourth-order valence-corrected chi connectivity index (χ4v) is 4.63. The summed E-state index contributed by atoms with van der Waals surface area (Å²) in [5, 5.41) is 0. The molecule has 138 valence electrons. The molecule has 1 aromatic carbocycles. The molecule has 3 rings (SSSR count). The van der Waals surface area contributed by atoms with E-state index in [4.69, 9.17) is 4.74 Å². The summed E-state index contributed by atoms with van der Waals surface area (Å²) in [6.45, 7) is 7.36. The van der Waals surface area contributed by atoms with Crippen molar-refractivity contribution in [2.75, 3.05) is 19.7 Å². The minimum absolute atomic E-state index is 0.0203. The van der Waals surface area contributed by atoms with Gasteiger partial charge in [0.05, 0.1) is 6.61 Å². The second-order valence-corrected chi connectivity index (χ2v) is 8.19. The average molecular weight is 344 g/mol. The van der Waals surface area contributed by atoms with Crippen LogP contribution in [-0.4, -0.2) is 36.6 Å². The van der Waals surface area contributed by atoms with E-state index >= 15 is 0 Å². The summed E-state index contributed by atoms with van der Waals surface area (Å²) in [6.07, 6.45) is 7.88. The Labute approximate surface area is 152 Å². The number of fused-ring (bicyclic) bond motifs is 1. The minimum Gasteiger partial charge on any atom is -0.465 e. The van der Waals surface area contributed by atoms with Crippen LogP contribution in [0.25, 0.3) is 0 Å². The third-order valence-corrected chi connectivity index (χ3v) is 5.87. The molecule has 0 unspecified atom stereocenters. The number of hydrogen-bond donors (Lipinski definition) is 0. The number of rotatable bonds is 6. The van der Waals surface area contributed by atoms with Crippen LogP contribution >= 0.6 is 0 Å². The second-order valence-electron chi connectivity index (χ2n) is 8.19. The van der Waals surface area contributed by atoms with Crippen LogP contribution in [0.3, 0.4) is 0 Å². The van der Waals surface area contributed by atoms with E-state index in [1.807, 2.05) is 0 Å². The Kier molecular flexibility index (Phi) is 6.52. The molecular weight excluding hydrogens is 310 g/mol. The van der Waals surface area contributed by atoms with Crippen molar-refractivity contribution in [3.8, 4) is 0 Å². The van der Waals surface area contributed by atoms with Gasteiger partial charge in [0.2, 0.25) is 0 Å². The Morgan fingerprint density at radius 3 is 2.92 bits per heavy atom. The summed E-state index contributed by atoms with van der Waals surface area (Å²) in [6, 6.07) is 9.21. The number of nitrogens with zero attached hydrogens (tertiary/aromatic N) is 1. The quantitative estimate of drug-likeness (QED) is 0.718. The molecule has 25 heavy (non-hydrogen) atoms. The van der Waals surface area contributed by atoms with Crippen molar-refractivity contribution >= 4 is 5.97 Å². The number of aryl methyl sites for hydroxylation is 1. The van der Waals surface area contributed by atoms with Crippen LogP contribution in [0.1, 0.15) is 56.6 Å². The summed E-state index contributed by atoms with van der Waals surface area (Å²) < 4.78 is 5.70. The van der Waals surface area contributed by atoms with E-state index in [2.05, 4.69) is 43.0 Å². The molecule has 2 aliphatic heterocycles. The molecule has 2 heterocycles. The van der Waals surface area contributed by atoms with Gasteiger partial charge < -0.3 is 4.74 Å². The van der Waals surface area contributed by atoms with Crippen molar-refractivity contribution in [2.24, 2.45) is 11.8 Å². The Morgan fingerprint density at radius 1 is 1.24 bits per heavy atom. The van der Waals surface area contributed by atoms with Gasteiger partial charge in [-0.1, -0.05) is 43.2 Å². The third kappa shape index (κ3) is 5.31. The van der Waals surface area contributed by atoms with Crippen LogP contribution < -0.4 is 0 Å². The lowest BCUT2D eigenvalue weighted by Gasteiger charge is -2.44. The van der Waals surface area contributed by atoms with Gasteiger partial charge >= 0.3 is 5.97 Å². The molecule has 3 heteroatoms. The molecule has 3 nitrogen and oxygen atoms in total. The van der Waals surface area contributed by atoms with Gasteiger partial charge in [0.15, 0.2) is 0 Å². The van der Waals surface area contributed by atoms with Crippen molar-refractivity contribution in [3.63, 3.8) is 0 Å². The van der Waals surface area contributed by atoms with Gasteiger partial charge in [-0.3, -0.25) is 9.69 Å². The van der Waals surface area contributed by atoms with Gasteiger partial charge in [-0.15, -0.1) is 0 Å². The van der Waals surface area contributed by atoms with Crippen LogP contribution in [0.2, 0.25) is 0 Å². The van der Waals surface area contributed by atoms with E-state index in [1.54, 1.807) is 0 Å². The first-order valence-corrected chi connectivity index (χ1v) is 10.1. The van der Waals surface area contributed by atoms with Gasteiger partial charge in [0.1, 0.15) is 0 Å². The second kappa shape index (κ2) is 8.84. The van der Waals surface area contributed by atoms with Crippen molar-refractivity contribution in [1.82, 2.24) is 4.90 Å². The molecule has 2 saturated heterocycles. The van der Waals surface area contributed by atoms with Crippen LogP contribution in [-0.2, 0) is 16.0 Å². The number of carbonyl (C=O) groups excluding carboxylic acids is 1. The molecule has 0 radical (unpaired) electrons. The lowest BCUT2D eigenvalue weighted by Crippen LogP contribution is -2.49. The topological polar surface area (TPSA) is 29.5 Å². The van der Waals surface area contributed by atoms with Gasteiger partial charge in [0, 0.05) is 18.4 Å². The molecule has 0 aromatic heterocycles. The highest BCUT2D eigenvalue weighted by Gasteiger charge is 2.33. The first-order valence-electron chi connectivity index (χ1n) is 10.1. The number of hydrogen-bond acceptors (Lipinski definition) is 3. The summed E-state index contributed by atoms with van der Waals surface area (Å²) in [4.78, 5) is 14.9. The van der Waals surface area contributed by atoms with Crippen LogP contribution in [0.4, 0.5) is 0 Å². The van der Waals surface area contributed by atoms with Crippen molar-refractivity contribution < 1.29 is 9.53 Å².